The quantitative estimate of drug-likeness (QED) is 0.543. The molecule has 36 heavy (non-hydrogen) atoms. The largest absolute Gasteiger partial charge is 0.508 e. The van der Waals surface area contributed by atoms with Gasteiger partial charge in [-0.1, -0.05) is 15.9 Å². The molecule has 3 amide bonds. The number of carbonyl (C=O) groups excluding carboxylic acids is 2. The number of amides is 3. The number of piperazine rings is 1. The second kappa shape index (κ2) is 10.7. The minimum absolute atomic E-state index is 0.0454. The molecule has 3 N–H and O–H groups in total. The molecule has 0 radical (unpaired) electrons. The first-order valence-corrected chi connectivity index (χ1v) is 14.1. The Kier molecular flexibility index (Phi) is 7.55. The Hall–Kier alpha value is -2.17. The van der Waals surface area contributed by atoms with Crippen molar-refractivity contribution in [3.05, 3.63) is 55.7 Å². The zero-order chi connectivity index (χ0) is 25.4. The number of aryl methyl sites for hydroxylation is 2. The lowest BCUT2D eigenvalue weighted by Crippen LogP contribution is -2.50. The molecule has 3 aliphatic rings. The standard InChI is InChI=1S/C26H31Br2N5O3/c27-19-12-18-2-1-17-13-20(34)14-21(28)23(17)25(24(18)30-15-19)32-9-7-31(8-10-32)22(35)11-16-3-5-33(6-4-16)26(29)36/h12-16,25,34H,1-11H2,(H2,29,36). The number of urea groups is 1. The van der Waals surface area contributed by atoms with Crippen LogP contribution in [-0.4, -0.2) is 76.0 Å². The van der Waals surface area contributed by atoms with Crippen LogP contribution in [0.25, 0.3) is 0 Å². The van der Waals surface area contributed by atoms with Gasteiger partial charge in [0.1, 0.15) is 5.75 Å². The van der Waals surface area contributed by atoms with Crippen molar-refractivity contribution in [3.63, 3.8) is 0 Å². The summed E-state index contributed by atoms with van der Waals surface area (Å²) in [6, 6.07) is 5.37. The van der Waals surface area contributed by atoms with E-state index in [2.05, 4.69) is 42.8 Å². The Morgan fingerprint density at radius 2 is 1.67 bits per heavy atom. The Morgan fingerprint density at radius 3 is 2.36 bits per heavy atom. The number of piperidine rings is 1. The molecule has 3 heterocycles. The number of phenols is 1. The second-order valence-electron chi connectivity index (χ2n) is 9.99. The maximum absolute atomic E-state index is 13.1. The maximum Gasteiger partial charge on any atom is 0.314 e. The normalized spacial score (nSPS) is 21.0. The van der Waals surface area contributed by atoms with E-state index >= 15 is 0 Å². The van der Waals surface area contributed by atoms with Crippen LogP contribution in [0.3, 0.4) is 0 Å². The van der Waals surface area contributed by atoms with Gasteiger partial charge in [0.2, 0.25) is 5.91 Å². The fourth-order valence-corrected chi connectivity index (χ4v) is 6.92. The van der Waals surface area contributed by atoms with Crippen LogP contribution in [0.5, 0.6) is 5.75 Å². The van der Waals surface area contributed by atoms with E-state index in [0.29, 0.717) is 38.5 Å². The highest BCUT2D eigenvalue weighted by atomic mass is 79.9. The number of primary amides is 1. The number of aromatic hydroxyl groups is 1. The highest BCUT2D eigenvalue weighted by Crippen LogP contribution is 2.42. The van der Waals surface area contributed by atoms with Gasteiger partial charge in [-0.15, -0.1) is 0 Å². The summed E-state index contributed by atoms with van der Waals surface area (Å²) in [5.41, 5.74) is 9.92. The van der Waals surface area contributed by atoms with Gasteiger partial charge in [0, 0.05) is 60.8 Å². The minimum Gasteiger partial charge on any atom is -0.508 e. The monoisotopic (exact) mass is 619 g/mol. The number of aromatic nitrogens is 1. The molecule has 1 aliphatic carbocycles. The fourth-order valence-electron chi connectivity index (χ4n) is 5.83. The molecule has 1 atom stereocenters. The van der Waals surface area contributed by atoms with Crippen LogP contribution in [0.2, 0.25) is 0 Å². The third-order valence-electron chi connectivity index (χ3n) is 7.79. The lowest BCUT2D eigenvalue weighted by atomic mass is 9.93. The molecule has 2 saturated heterocycles. The molecule has 1 unspecified atom stereocenters. The molecule has 2 fully saturated rings. The molecule has 2 aromatic rings. The van der Waals surface area contributed by atoms with Crippen molar-refractivity contribution >= 4 is 43.8 Å². The zero-order valence-electron chi connectivity index (χ0n) is 20.1. The number of nitrogens with two attached hydrogens (primary N) is 1. The van der Waals surface area contributed by atoms with E-state index in [-0.39, 0.29) is 23.7 Å². The molecule has 1 aromatic carbocycles. The predicted molar refractivity (Wildman–Crippen MR) is 144 cm³/mol. The van der Waals surface area contributed by atoms with Gasteiger partial charge < -0.3 is 20.6 Å². The Labute approximate surface area is 228 Å². The van der Waals surface area contributed by atoms with Crippen molar-refractivity contribution in [2.24, 2.45) is 11.7 Å². The number of nitrogens with zero attached hydrogens (tertiary/aromatic N) is 4. The predicted octanol–water partition coefficient (Wildman–Crippen LogP) is 3.83. The number of fused-ring (bicyclic) bond motifs is 2. The van der Waals surface area contributed by atoms with Gasteiger partial charge >= 0.3 is 6.03 Å². The van der Waals surface area contributed by atoms with Crippen molar-refractivity contribution < 1.29 is 14.7 Å². The van der Waals surface area contributed by atoms with Gasteiger partial charge in [0.25, 0.3) is 0 Å². The summed E-state index contributed by atoms with van der Waals surface area (Å²) in [6.07, 6.45) is 5.72. The van der Waals surface area contributed by atoms with Crippen LogP contribution in [0.15, 0.2) is 33.3 Å². The van der Waals surface area contributed by atoms with Crippen LogP contribution in [0, 0.1) is 5.92 Å². The number of rotatable bonds is 3. The molecule has 0 saturated carbocycles. The lowest BCUT2D eigenvalue weighted by molar-refractivity contribution is -0.134. The van der Waals surface area contributed by atoms with Crippen molar-refractivity contribution in [1.82, 2.24) is 19.7 Å². The molecule has 0 bridgehead atoms. The van der Waals surface area contributed by atoms with Crippen molar-refractivity contribution in [1.29, 1.82) is 0 Å². The molecule has 5 rings (SSSR count). The van der Waals surface area contributed by atoms with E-state index in [9.17, 15) is 14.7 Å². The lowest BCUT2D eigenvalue weighted by Gasteiger charge is -2.40. The Bertz CT molecular complexity index is 1160. The van der Waals surface area contributed by atoms with Gasteiger partial charge in [-0.3, -0.25) is 14.7 Å². The Balaban J connectivity index is 1.31. The first-order chi connectivity index (χ1) is 17.3. The summed E-state index contributed by atoms with van der Waals surface area (Å²) in [5, 5.41) is 10.3. The van der Waals surface area contributed by atoms with Crippen LogP contribution in [-0.2, 0) is 17.6 Å². The number of phenolic OH excluding ortho intramolecular Hbond substituents is 1. The zero-order valence-corrected chi connectivity index (χ0v) is 23.3. The van der Waals surface area contributed by atoms with Crippen LogP contribution in [0.4, 0.5) is 4.79 Å². The molecule has 0 spiro atoms. The average molecular weight is 621 g/mol. The number of carbonyl (C=O) groups is 2. The highest BCUT2D eigenvalue weighted by Gasteiger charge is 2.35. The Morgan fingerprint density at radius 1 is 0.972 bits per heavy atom. The smallest absolute Gasteiger partial charge is 0.314 e. The molecular formula is C26H31Br2N5O3. The molecule has 2 aliphatic heterocycles. The van der Waals surface area contributed by atoms with Crippen molar-refractivity contribution in [2.75, 3.05) is 39.3 Å². The van der Waals surface area contributed by atoms with E-state index < -0.39 is 0 Å². The molecular weight excluding hydrogens is 590 g/mol. The SMILES string of the molecule is NC(=O)N1CCC(CC(=O)N2CCN(C3c4ncc(Br)cc4CCc4cc(O)cc(Br)c43)CC2)CC1. The number of hydrogen-bond acceptors (Lipinski definition) is 5. The highest BCUT2D eigenvalue weighted by molar-refractivity contribution is 9.10. The molecule has 10 heteroatoms. The minimum atomic E-state index is -0.374. The van der Waals surface area contributed by atoms with E-state index in [1.54, 1.807) is 11.0 Å². The van der Waals surface area contributed by atoms with Gasteiger partial charge in [0.05, 0.1) is 11.7 Å². The molecule has 1 aromatic heterocycles. The van der Waals surface area contributed by atoms with E-state index in [0.717, 1.165) is 64.5 Å². The summed E-state index contributed by atoms with van der Waals surface area (Å²) in [7, 11) is 0. The number of halogens is 2. The first-order valence-electron chi connectivity index (χ1n) is 12.5. The van der Waals surface area contributed by atoms with Gasteiger partial charge in [-0.2, -0.15) is 0 Å². The fraction of sp³-hybridized carbons (Fsp3) is 0.500. The summed E-state index contributed by atoms with van der Waals surface area (Å²) >= 11 is 7.30. The van der Waals surface area contributed by atoms with Crippen LogP contribution >= 0.6 is 31.9 Å². The maximum atomic E-state index is 13.1. The summed E-state index contributed by atoms with van der Waals surface area (Å²) < 4.78 is 1.85. The van der Waals surface area contributed by atoms with Crippen LogP contribution < -0.4 is 5.73 Å². The molecule has 8 nitrogen and oxygen atoms in total. The summed E-state index contributed by atoms with van der Waals surface area (Å²) in [5.74, 6) is 0.761. The third-order valence-corrected chi connectivity index (χ3v) is 8.88. The van der Waals surface area contributed by atoms with Gasteiger partial charge in [-0.25, -0.2) is 4.79 Å². The van der Waals surface area contributed by atoms with E-state index in [1.807, 2.05) is 17.2 Å². The number of hydrogen-bond donors (Lipinski definition) is 2. The van der Waals surface area contributed by atoms with E-state index in [1.165, 1.54) is 5.56 Å². The van der Waals surface area contributed by atoms with Gasteiger partial charge in [0.15, 0.2) is 0 Å². The van der Waals surface area contributed by atoms with Crippen molar-refractivity contribution in [3.8, 4) is 5.75 Å². The number of pyridine rings is 1. The third kappa shape index (κ3) is 5.26. The number of likely N-dealkylation sites (tertiary alicyclic amines) is 1. The summed E-state index contributed by atoms with van der Waals surface area (Å²) in [4.78, 5) is 35.4. The second-order valence-corrected chi connectivity index (χ2v) is 11.8. The summed E-state index contributed by atoms with van der Waals surface area (Å²) in [6.45, 7) is 4.11. The van der Waals surface area contributed by atoms with E-state index in [4.69, 9.17) is 10.7 Å². The van der Waals surface area contributed by atoms with Crippen molar-refractivity contribution in [2.45, 2.75) is 38.1 Å². The van der Waals surface area contributed by atoms with Crippen LogP contribution in [0.1, 0.15) is 47.7 Å². The first kappa shape index (κ1) is 25.5. The number of benzene rings is 1. The molecule has 192 valence electrons. The topological polar surface area (TPSA) is 103 Å². The van der Waals surface area contributed by atoms with Gasteiger partial charge in [-0.05, 0) is 82.4 Å². The average Bonchev–Trinajstić information content (AvgIpc) is 3.01.